The molecule has 0 aliphatic carbocycles. The van der Waals surface area contributed by atoms with Gasteiger partial charge in [0.25, 0.3) is 0 Å². The first-order chi connectivity index (χ1) is 7.74. The molecule has 16 heavy (non-hydrogen) atoms. The molecule has 0 spiro atoms. The van der Waals surface area contributed by atoms with E-state index in [0.717, 1.165) is 5.56 Å². The summed E-state index contributed by atoms with van der Waals surface area (Å²) in [5, 5.41) is 17.9. The number of hydrogen-bond donors (Lipinski definition) is 2. The number of H-pyrrole nitrogens is 1. The fraction of sp³-hybridized carbons (Fsp3) is 0.222. The molecule has 0 fully saturated rings. The quantitative estimate of drug-likeness (QED) is 0.877. The second-order valence-electron chi connectivity index (χ2n) is 3.21. The van der Waals surface area contributed by atoms with Gasteiger partial charge in [-0.05, 0) is 23.8 Å². The zero-order chi connectivity index (χ0) is 11.4. The summed E-state index contributed by atoms with van der Waals surface area (Å²) < 4.78 is 0. The van der Waals surface area contributed by atoms with E-state index in [4.69, 9.17) is 23.2 Å². The average Bonchev–Trinajstić information content (AvgIpc) is 2.69. The van der Waals surface area contributed by atoms with Gasteiger partial charge in [-0.1, -0.05) is 28.4 Å². The maximum Gasteiger partial charge on any atom is 0.188 e. The molecule has 0 bridgehead atoms. The summed E-state index contributed by atoms with van der Waals surface area (Å²) in [7, 11) is 0. The van der Waals surface area contributed by atoms with E-state index in [-0.39, 0.29) is 0 Å². The number of halogens is 2. The Balaban J connectivity index is 1.89. The highest BCUT2D eigenvalue weighted by molar-refractivity contribution is 6.34. The minimum atomic E-state index is 0.542. The third-order valence-electron chi connectivity index (χ3n) is 1.92. The molecule has 7 heteroatoms. The van der Waals surface area contributed by atoms with Crippen LogP contribution in [0, 0.1) is 0 Å². The molecule has 0 atom stereocenters. The maximum absolute atomic E-state index is 5.88. The Morgan fingerprint density at radius 3 is 2.50 bits per heavy atom. The van der Waals surface area contributed by atoms with Gasteiger partial charge in [0.2, 0.25) is 0 Å². The molecule has 0 aliphatic rings. The normalized spacial score (nSPS) is 10.6. The van der Waals surface area contributed by atoms with Crippen molar-refractivity contribution in [3.8, 4) is 0 Å². The highest BCUT2D eigenvalue weighted by atomic mass is 35.5. The highest BCUT2D eigenvalue weighted by Gasteiger charge is 2.00. The zero-order valence-corrected chi connectivity index (χ0v) is 9.76. The van der Waals surface area contributed by atoms with E-state index in [1.54, 1.807) is 6.07 Å². The zero-order valence-electron chi connectivity index (χ0n) is 8.24. The molecule has 2 N–H and O–H groups in total. The number of nitrogens with zero attached hydrogens (tertiary/aromatic N) is 3. The van der Waals surface area contributed by atoms with Crippen molar-refractivity contribution in [2.75, 3.05) is 0 Å². The molecular formula is C9H9Cl2N5. The van der Waals surface area contributed by atoms with Crippen molar-refractivity contribution in [2.45, 2.75) is 13.1 Å². The number of benzene rings is 1. The second-order valence-corrected chi connectivity index (χ2v) is 4.08. The van der Waals surface area contributed by atoms with E-state index in [0.29, 0.717) is 29.0 Å². The molecule has 0 radical (unpaired) electrons. The predicted molar refractivity (Wildman–Crippen MR) is 61.2 cm³/mol. The molecule has 2 aromatic rings. The molecule has 1 heterocycles. The first kappa shape index (κ1) is 11.3. The smallest absolute Gasteiger partial charge is 0.188 e. The number of tetrazole rings is 1. The molecule has 2 rings (SSSR count). The van der Waals surface area contributed by atoms with Crippen molar-refractivity contribution >= 4 is 23.2 Å². The Kier molecular flexibility index (Phi) is 3.71. The van der Waals surface area contributed by atoms with Crippen molar-refractivity contribution in [1.82, 2.24) is 25.9 Å². The van der Waals surface area contributed by atoms with E-state index in [1.807, 2.05) is 12.1 Å². The summed E-state index contributed by atoms with van der Waals surface area (Å²) in [5.74, 6) is 0.619. The Morgan fingerprint density at radius 1 is 1.12 bits per heavy atom. The fourth-order valence-electron chi connectivity index (χ4n) is 1.29. The van der Waals surface area contributed by atoms with Crippen molar-refractivity contribution in [3.05, 3.63) is 39.6 Å². The van der Waals surface area contributed by atoms with Crippen LogP contribution in [0.5, 0.6) is 0 Å². The Morgan fingerprint density at radius 2 is 1.88 bits per heavy atom. The monoisotopic (exact) mass is 257 g/mol. The van der Waals surface area contributed by atoms with E-state index < -0.39 is 0 Å². The number of aromatic amines is 1. The van der Waals surface area contributed by atoms with Gasteiger partial charge in [-0.2, -0.15) is 5.21 Å². The SMILES string of the molecule is Clc1cc(Cl)cc(CNCc2nn[nH]n2)c1. The minimum absolute atomic E-state index is 0.542. The highest BCUT2D eigenvalue weighted by Crippen LogP contribution is 2.18. The molecular weight excluding hydrogens is 249 g/mol. The molecule has 84 valence electrons. The van der Waals surface area contributed by atoms with Crippen LogP contribution in [0.4, 0.5) is 0 Å². The van der Waals surface area contributed by atoms with Crippen molar-refractivity contribution in [2.24, 2.45) is 0 Å². The third kappa shape index (κ3) is 3.16. The summed E-state index contributed by atoms with van der Waals surface area (Å²) in [6.45, 7) is 1.19. The van der Waals surface area contributed by atoms with Crippen LogP contribution in [0.2, 0.25) is 10.0 Å². The maximum atomic E-state index is 5.88. The molecule has 5 nitrogen and oxygen atoms in total. The van der Waals surface area contributed by atoms with Gasteiger partial charge in [0.15, 0.2) is 5.82 Å². The lowest BCUT2D eigenvalue weighted by atomic mass is 10.2. The summed E-state index contributed by atoms with van der Waals surface area (Å²) in [6.07, 6.45) is 0. The van der Waals surface area contributed by atoms with Gasteiger partial charge in [-0.15, -0.1) is 10.2 Å². The van der Waals surface area contributed by atoms with Gasteiger partial charge in [0, 0.05) is 16.6 Å². The van der Waals surface area contributed by atoms with Gasteiger partial charge in [-0.25, -0.2) is 0 Å². The van der Waals surface area contributed by atoms with Gasteiger partial charge < -0.3 is 5.32 Å². The first-order valence-electron chi connectivity index (χ1n) is 4.62. The molecule has 0 saturated heterocycles. The lowest BCUT2D eigenvalue weighted by Crippen LogP contribution is -2.13. The summed E-state index contributed by atoms with van der Waals surface area (Å²) >= 11 is 11.8. The third-order valence-corrected chi connectivity index (χ3v) is 2.36. The molecule has 1 aromatic carbocycles. The van der Waals surface area contributed by atoms with Crippen molar-refractivity contribution < 1.29 is 0 Å². The average molecular weight is 258 g/mol. The van der Waals surface area contributed by atoms with Crippen molar-refractivity contribution in [1.29, 1.82) is 0 Å². The van der Waals surface area contributed by atoms with Crippen LogP contribution in [0.3, 0.4) is 0 Å². The fourth-order valence-corrected chi connectivity index (χ4v) is 1.86. The van der Waals surface area contributed by atoms with Crippen molar-refractivity contribution in [3.63, 3.8) is 0 Å². The van der Waals surface area contributed by atoms with Gasteiger partial charge >= 0.3 is 0 Å². The topological polar surface area (TPSA) is 66.5 Å². The van der Waals surface area contributed by atoms with Crippen LogP contribution in [0.25, 0.3) is 0 Å². The summed E-state index contributed by atoms with van der Waals surface area (Å²) in [6, 6.07) is 5.42. The number of hydrogen-bond acceptors (Lipinski definition) is 4. The van der Waals surface area contributed by atoms with E-state index in [9.17, 15) is 0 Å². The van der Waals surface area contributed by atoms with Crippen LogP contribution in [0.15, 0.2) is 18.2 Å². The lowest BCUT2D eigenvalue weighted by Gasteiger charge is -2.03. The first-order valence-corrected chi connectivity index (χ1v) is 5.37. The van der Waals surface area contributed by atoms with Crippen LogP contribution in [-0.2, 0) is 13.1 Å². The Labute approximate surface area is 102 Å². The van der Waals surface area contributed by atoms with Gasteiger partial charge in [-0.3, -0.25) is 0 Å². The Hall–Kier alpha value is -1.17. The van der Waals surface area contributed by atoms with Crippen LogP contribution in [0.1, 0.15) is 11.4 Å². The number of rotatable bonds is 4. The standard InChI is InChI=1S/C9H9Cl2N5/c10-7-1-6(2-8(11)3-7)4-12-5-9-13-15-16-14-9/h1-3,12H,4-5H2,(H,13,14,15,16). The minimum Gasteiger partial charge on any atom is -0.306 e. The lowest BCUT2D eigenvalue weighted by molar-refractivity contribution is 0.663. The predicted octanol–water partition coefficient (Wildman–Crippen LogP) is 1.80. The Bertz CT molecular complexity index is 437. The van der Waals surface area contributed by atoms with E-state index >= 15 is 0 Å². The van der Waals surface area contributed by atoms with Crippen LogP contribution < -0.4 is 5.32 Å². The molecule has 0 aliphatic heterocycles. The van der Waals surface area contributed by atoms with Gasteiger partial charge in [0.05, 0.1) is 6.54 Å². The number of nitrogens with one attached hydrogen (secondary N) is 2. The van der Waals surface area contributed by atoms with Crippen LogP contribution in [-0.4, -0.2) is 20.6 Å². The van der Waals surface area contributed by atoms with Crippen LogP contribution >= 0.6 is 23.2 Å². The molecule has 1 aromatic heterocycles. The second kappa shape index (κ2) is 5.25. The summed E-state index contributed by atoms with van der Waals surface area (Å²) in [5.41, 5.74) is 1.01. The summed E-state index contributed by atoms with van der Waals surface area (Å²) in [4.78, 5) is 0. The van der Waals surface area contributed by atoms with E-state index in [2.05, 4.69) is 25.9 Å². The van der Waals surface area contributed by atoms with Gasteiger partial charge in [0.1, 0.15) is 0 Å². The molecule has 0 unspecified atom stereocenters. The molecule has 0 saturated carbocycles. The number of aromatic nitrogens is 4. The van der Waals surface area contributed by atoms with E-state index in [1.165, 1.54) is 0 Å². The molecule has 0 amide bonds. The largest absolute Gasteiger partial charge is 0.306 e.